The Balaban J connectivity index is 1.75. The summed E-state index contributed by atoms with van der Waals surface area (Å²) in [7, 11) is 1.66. The summed E-state index contributed by atoms with van der Waals surface area (Å²) in [6.07, 6.45) is 2.61. The van der Waals surface area contributed by atoms with E-state index in [9.17, 15) is 8.78 Å². The molecule has 2 N–H and O–H groups in total. The van der Waals surface area contributed by atoms with Gasteiger partial charge in [-0.25, -0.2) is 8.78 Å². The Labute approximate surface area is 123 Å². The third kappa shape index (κ3) is 4.67. The highest BCUT2D eigenvalue weighted by atomic mass is 19.1. The first-order chi connectivity index (χ1) is 10.2. The third-order valence-corrected chi connectivity index (χ3v) is 3.47. The molecule has 21 heavy (non-hydrogen) atoms. The molecule has 0 amide bonds. The summed E-state index contributed by atoms with van der Waals surface area (Å²) in [5.41, 5.74) is 0.0968. The van der Waals surface area contributed by atoms with E-state index in [-0.39, 0.29) is 18.1 Å². The highest BCUT2D eigenvalue weighted by molar-refractivity contribution is 5.79. The number of rotatable bonds is 5. The number of aliphatic imine (C=N–C) groups is 1. The van der Waals surface area contributed by atoms with E-state index in [1.54, 1.807) is 7.05 Å². The van der Waals surface area contributed by atoms with Gasteiger partial charge in [0.15, 0.2) is 5.96 Å². The van der Waals surface area contributed by atoms with Crippen LogP contribution in [0.2, 0.25) is 0 Å². The van der Waals surface area contributed by atoms with Crippen LogP contribution in [0.3, 0.4) is 0 Å². The second kappa shape index (κ2) is 7.93. The van der Waals surface area contributed by atoms with Gasteiger partial charge in [-0.2, -0.15) is 0 Å². The van der Waals surface area contributed by atoms with Crippen LogP contribution in [0.25, 0.3) is 0 Å². The number of nitrogens with one attached hydrogen (secondary N) is 2. The standard InChI is InChI=1S/C15H21F2N3O/c1-18-15(20-10-11-4-3-9-21-11)19-8-7-12-13(16)5-2-6-14(12)17/h2,5-6,11H,3-4,7-10H2,1H3,(H2,18,19,20). The van der Waals surface area contributed by atoms with Crippen LogP contribution in [0.5, 0.6) is 0 Å². The van der Waals surface area contributed by atoms with Gasteiger partial charge in [-0.05, 0) is 31.4 Å². The van der Waals surface area contributed by atoms with E-state index in [1.165, 1.54) is 18.2 Å². The number of hydrogen-bond donors (Lipinski definition) is 2. The van der Waals surface area contributed by atoms with Gasteiger partial charge in [0.25, 0.3) is 0 Å². The Hall–Kier alpha value is -1.69. The summed E-state index contributed by atoms with van der Waals surface area (Å²) in [6, 6.07) is 3.90. The highest BCUT2D eigenvalue weighted by Crippen LogP contribution is 2.12. The van der Waals surface area contributed by atoms with Crippen LogP contribution in [-0.2, 0) is 11.2 Å². The lowest BCUT2D eigenvalue weighted by Gasteiger charge is -2.15. The second-order valence-electron chi connectivity index (χ2n) is 4.97. The SMILES string of the molecule is CN=C(NCCc1c(F)cccc1F)NCC1CCCO1. The third-order valence-electron chi connectivity index (χ3n) is 3.47. The molecule has 1 atom stereocenters. The van der Waals surface area contributed by atoms with Crippen molar-refractivity contribution in [2.24, 2.45) is 4.99 Å². The summed E-state index contributed by atoms with van der Waals surface area (Å²) in [6.45, 7) is 1.90. The quantitative estimate of drug-likeness (QED) is 0.644. The van der Waals surface area contributed by atoms with Crippen LogP contribution in [-0.4, -0.2) is 38.8 Å². The van der Waals surface area contributed by atoms with Crippen molar-refractivity contribution in [3.63, 3.8) is 0 Å². The first kappa shape index (κ1) is 15.7. The van der Waals surface area contributed by atoms with Crippen LogP contribution < -0.4 is 10.6 Å². The molecule has 0 aromatic heterocycles. The van der Waals surface area contributed by atoms with E-state index >= 15 is 0 Å². The largest absolute Gasteiger partial charge is 0.376 e. The molecule has 4 nitrogen and oxygen atoms in total. The van der Waals surface area contributed by atoms with Gasteiger partial charge >= 0.3 is 0 Å². The molecular formula is C15H21F2N3O. The average Bonchev–Trinajstić information content (AvgIpc) is 2.98. The highest BCUT2D eigenvalue weighted by Gasteiger charge is 2.15. The van der Waals surface area contributed by atoms with Crippen molar-refractivity contribution in [2.45, 2.75) is 25.4 Å². The first-order valence-electron chi connectivity index (χ1n) is 7.19. The van der Waals surface area contributed by atoms with Crippen LogP contribution in [0.15, 0.2) is 23.2 Å². The fourth-order valence-electron chi connectivity index (χ4n) is 2.31. The predicted octanol–water partition coefficient (Wildman–Crippen LogP) is 1.85. The van der Waals surface area contributed by atoms with Gasteiger partial charge in [-0.1, -0.05) is 6.07 Å². The minimum absolute atomic E-state index is 0.0968. The van der Waals surface area contributed by atoms with Crippen LogP contribution >= 0.6 is 0 Å². The maximum atomic E-state index is 13.5. The van der Waals surface area contributed by atoms with Gasteiger partial charge in [-0.3, -0.25) is 4.99 Å². The van der Waals surface area contributed by atoms with E-state index in [0.717, 1.165) is 19.4 Å². The zero-order valence-corrected chi connectivity index (χ0v) is 12.2. The van der Waals surface area contributed by atoms with Crippen LogP contribution in [0.4, 0.5) is 8.78 Å². The first-order valence-corrected chi connectivity index (χ1v) is 7.19. The van der Waals surface area contributed by atoms with Crippen molar-refractivity contribution in [1.82, 2.24) is 10.6 Å². The van der Waals surface area contributed by atoms with Crippen LogP contribution in [0.1, 0.15) is 18.4 Å². The Kier molecular flexibility index (Phi) is 5.92. The molecule has 1 aliphatic rings. The van der Waals surface area contributed by atoms with E-state index < -0.39 is 11.6 Å². The smallest absolute Gasteiger partial charge is 0.191 e. The second-order valence-corrected chi connectivity index (χ2v) is 4.97. The van der Waals surface area contributed by atoms with Gasteiger partial charge in [0.05, 0.1) is 6.10 Å². The van der Waals surface area contributed by atoms with E-state index in [2.05, 4.69) is 15.6 Å². The normalized spacial score (nSPS) is 18.8. The number of halogens is 2. The zero-order chi connectivity index (χ0) is 15.1. The molecule has 0 aliphatic carbocycles. The van der Waals surface area contributed by atoms with Gasteiger partial charge in [0, 0.05) is 32.3 Å². The van der Waals surface area contributed by atoms with Gasteiger partial charge in [-0.15, -0.1) is 0 Å². The topological polar surface area (TPSA) is 45.7 Å². The van der Waals surface area contributed by atoms with Gasteiger partial charge in [0.1, 0.15) is 11.6 Å². The number of benzene rings is 1. The Bertz CT molecular complexity index is 468. The molecule has 1 unspecified atom stereocenters. The minimum atomic E-state index is -0.515. The molecule has 6 heteroatoms. The van der Waals surface area contributed by atoms with Crippen molar-refractivity contribution in [3.8, 4) is 0 Å². The predicted molar refractivity (Wildman–Crippen MR) is 78.4 cm³/mol. The summed E-state index contributed by atoms with van der Waals surface area (Å²) in [4.78, 5) is 4.08. The van der Waals surface area contributed by atoms with Crippen molar-refractivity contribution < 1.29 is 13.5 Å². The molecule has 0 saturated carbocycles. The fourth-order valence-corrected chi connectivity index (χ4v) is 2.31. The molecule has 1 aliphatic heterocycles. The maximum Gasteiger partial charge on any atom is 0.191 e. The fraction of sp³-hybridized carbons (Fsp3) is 0.533. The number of nitrogens with zero attached hydrogens (tertiary/aromatic N) is 1. The molecule has 1 aromatic rings. The van der Waals surface area contributed by atoms with Crippen molar-refractivity contribution in [1.29, 1.82) is 0 Å². The monoisotopic (exact) mass is 297 g/mol. The van der Waals surface area contributed by atoms with Crippen molar-refractivity contribution >= 4 is 5.96 Å². The van der Waals surface area contributed by atoms with Crippen LogP contribution in [0, 0.1) is 11.6 Å². The number of guanidine groups is 1. The summed E-state index contributed by atoms with van der Waals surface area (Å²) >= 11 is 0. The van der Waals surface area contributed by atoms with Gasteiger partial charge in [0.2, 0.25) is 0 Å². The average molecular weight is 297 g/mol. The lowest BCUT2D eigenvalue weighted by atomic mass is 10.1. The van der Waals surface area contributed by atoms with E-state index in [1.807, 2.05) is 0 Å². The number of ether oxygens (including phenoxy) is 1. The molecular weight excluding hydrogens is 276 g/mol. The Morgan fingerprint density at radius 2 is 2.10 bits per heavy atom. The Morgan fingerprint density at radius 1 is 1.33 bits per heavy atom. The molecule has 0 spiro atoms. The summed E-state index contributed by atoms with van der Waals surface area (Å²) in [5, 5.41) is 6.20. The number of hydrogen-bond acceptors (Lipinski definition) is 2. The van der Waals surface area contributed by atoms with Crippen molar-refractivity contribution in [2.75, 3.05) is 26.7 Å². The molecule has 2 rings (SSSR count). The van der Waals surface area contributed by atoms with E-state index in [0.29, 0.717) is 19.0 Å². The lowest BCUT2D eigenvalue weighted by molar-refractivity contribution is 0.114. The molecule has 0 bridgehead atoms. The molecule has 1 aromatic carbocycles. The minimum Gasteiger partial charge on any atom is -0.376 e. The molecule has 1 fully saturated rings. The zero-order valence-electron chi connectivity index (χ0n) is 12.2. The molecule has 0 radical (unpaired) electrons. The molecule has 1 heterocycles. The molecule has 116 valence electrons. The summed E-state index contributed by atoms with van der Waals surface area (Å²) < 4.78 is 32.5. The Morgan fingerprint density at radius 3 is 2.71 bits per heavy atom. The molecule has 1 saturated heterocycles. The van der Waals surface area contributed by atoms with Crippen molar-refractivity contribution in [3.05, 3.63) is 35.4 Å². The summed E-state index contributed by atoms with van der Waals surface area (Å²) in [5.74, 6) is -0.416. The van der Waals surface area contributed by atoms with Gasteiger partial charge < -0.3 is 15.4 Å². The lowest BCUT2D eigenvalue weighted by Crippen LogP contribution is -2.41. The maximum absolute atomic E-state index is 13.5. The van der Waals surface area contributed by atoms with E-state index in [4.69, 9.17) is 4.74 Å².